The predicted octanol–water partition coefficient (Wildman–Crippen LogP) is 2.42. The number of hydrogen-bond donors (Lipinski definition) is 1. The Bertz CT molecular complexity index is 626. The summed E-state index contributed by atoms with van der Waals surface area (Å²) in [5.74, 6) is -0.166. The van der Waals surface area contributed by atoms with Gasteiger partial charge in [0.05, 0.1) is 11.3 Å². The van der Waals surface area contributed by atoms with Crippen molar-refractivity contribution in [2.45, 2.75) is 0 Å². The Kier molecular flexibility index (Phi) is 4.00. The molecule has 5 nitrogen and oxygen atoms in total. The first-order valence-corrected chi connectivity index (χ1v) is 5.99. The van der Waals surface area contributed by atoms with E-state index in [1.807, 2.05) is 6.07 Å². The molecule has 2 rings (SSSR count). The maximum atomic E-state index is 12.0. The molecule has 0 radical (unpaired) electrons. The van der Waals surface area contributed by atoms with Crippen LogP contribution in [0, 0.1) is 0 Å². The van der Waals surface area contributed by atoms with Crippen molar-refractivity contribution in [1.29, 1.82) is 0 Å². The van der Waals surface area contributed by atoms with Crippen LogP contribution in [0.4, 0.5) is 10.5 Å². The van der Waals surface area contributed by atoms with Crippen molar-refractivity contribution in [3.05, 3.63) is 60.2 Å². The normalized spacial score (nSPS) is 9.85. The molecule has 0 aliphatic heterocycles. The van der Waals surface area contributed by atoms with Gasteiger partial charge in [-0.3, -0.25) is 9.69 Å². The number of carbonyl (C=O) groups excluding carboxylic acids is 2. The summed E-state index contributed by atoms with van der Waals surface area (Å²) in [5.41, 5.74) is 5.95. The maximum absolute atomic E-state index is 12.0. The number of nitrogens with two attached hydrogens (primary N) is 1. The van der Waals surface area contributed by atoms with Crippen molar-refractivity contribution in [2.75, 3.05) is 11.9 Å². The Hall–Kier alpha value is -2.82. The Morgan fingerprint density at radius 2 is 1.60 bits per heavy atom. The van der Waals surface area contributed by atoms with Crippen LogP contribution in [0.1, 0.15) is 10.4 Å². The van der Waals surface area contributed by atoms with Crippen molar-refractivity contribution >= 4 is 17.7 Å². The van der Waals surface area contributed by atoms with E-state index >= 15 is 0 Å². The molecule has 5 heteroatoms. The highest BCUT2D eigenvalue weighted by Gasteiger charge is 2.18. The number of primary amides is 1. The van der Waals surface area contributed by atoms with Gasteiger partial charge >= 0.3 is 6.09 Å². The minimum atomic E-state index is -0.597. The molecule has 102 valence electrons. The van der Waals surface area contributed by atoms with Crippen LogP contribution in [0.2, 0.25) is 0 Å². The second kappa shape index (κ2) is 5.88. The molecule has 0 fully saturated rings. The van der Waals surface area contributed by atoms with E-state index in [4.69, 9.17) is 10.5 Å². The lowest BCUT2D eigenvalue weighted by molar-refractivity contribution is 0.100. The number of amides is 2. The molecule has 2 aromatic carbocycles. The first-order chi connectivity index (χ1) is 9.59. The maximum Gasteiger partial charge on any atom is 0.419 e. The van der Waals surface area contributed by atoms with Gasteiger partial charge in [-0.25, -0.2) is 4.79 Å². The van der Waals surface area contributed by atoms with E-state index in [-0.39, 0.29) is 5.56 Å². The van der Waals surface area contributed by atoms with Gasteiger partial charge in [-0.1, -0.05) is 30.3 Å². The van der Waals surface area contributed by atoms with Crippen molar-refractivity contribution in [2.24, 2.45) is 5.73 Å². The summed E-state index contributed by atoms with van der Waals surface area (Å²) >= 11 is 0. The summed E-state index contributed by atoms with van der Waals surface area (Å²) in [7, 11) is 1.52. The van der Waals surface area contributed by atoms with Crippen LogP contribution in [0.5, 0.6) is 5.75 Å². The third-order valence-electron chi connectivity index (χ3n) is 2.75. The molecule has 0 saturated carbocycles. The van der Waals surface area contributed by atoms with Gasteiger partial charge in [-0.2, -0.15) is 0 Å². The lowest BCUT2D eigenvalue weighted by atomic mass is 10.1. The van der Waals surface area contributed by atoms with E-state index < -0.39 is 12.0 Å². The number of carbonyl (C=O) groups is 2. The summed E-state index contributed by atoms with van der Waals surface area (Å²) in [6.45, 7) is 0. The molecule has 0 saturated heterocycles. The highest BCUT2D eigenvalue weighted by molar-refractivity contribution is 6.02. The average molecular weight is 270 g/mol. The summed E-state index contributed by atoms with van der Waals surface area (Å²) < 4.78 is 5.20. The molecule has 0 aliphatic rings. The van der Waals surface area contributed by atoms with Crippen molar-refractivity contribution in [3.8, 4) is 5.75 Å². The second-order valence-corrected chi connectivity index (χ2v) is 4.12. The molecular formula is C15H14N2O3. The van der Waals surface area contributed by atoms with E-state index in [9.17, 15) is 9.59 Å². The zero-order valence-electron chi connectivity index (χ0n) is 10.9. The van der Waals surface area contributed by atoms with Gasteiger partial charge in [0.2, 0.25) is 0 Å². The Balaban J connectivity index is 2.21. The van der Waals surface area contributed by atoms with E-state index in [1.54, 1.807) is 48.5 Å². The Morgan fingerprint density at radius 1 is 1.00 bits per heavy atom. The third-order valence-corrected chi connectivity index (χ3v) is 2.75. The summed E-state index contributed by atoms with van der Waals surface area (Å²) in [6, 6.07) is 15.3. The van der Waals surface area contributed by atoms with E-state index in [0.717, 1.165) is 0 Å². The molecule has 2 amide bonds. The standard InChI is InChI=1S/C15H14N2O3/c1-17(13-10-6-5-9-12(13)14(16)18)15(19)20-11-7-3-2-4-8-11/h2-10H,1H3,(H2,16,18). The van der Waals surface area contributed by atoms with Crippen LogP contribution in [-0.2, 0) is 0 Å². The quantitative estimate of drug-likeness (QED) is 0.930. The Morgan fingerprint density at radius 3 is 2.25 bits per heavy atom. The number of anilines is 1. The van der Waals surface area contributed by atoms with Gasteiger partial charge in [-0.15, -0.1) is 0 Å². The SMILES string of the molecule is CN(C(=O)Oc1ccccc1)c1ccccc1C(N)=O. The van der Waals surface area contributed by atoms with Gasteiger partial charge in [-0.05, 0) is 24.3 Å². The molecule has 20 heavy (non-hydrogen) atoms. The molecule has 0 atom stereocenters. The minimum absolute atomic E-state index is 0.264. The number of para-hydroxylation sites is 2. The Labute approximate surface area is 116 Å². The first kappa shape index (κ1) is 13.6. The van der Waals surface area contributed by atoms with Gasteiger partial charge in [0.25, 0.3) is 5.91 Å². The van der Waals surface area contributed by atoms with Crippen LogP contribution in [0.15, 0.2) is 54.6 Å². The number of rotatable bonds is 3. The predicted molar refractivity (Wildman–Crippen MR) is 75.8 cm³/mol. The van der Waals surface area contributed by atoms with Gasteiger partial charge < -0.3 is 10.5 Å². The molecule has 0 unspecified atom stereocenters. The van der Waals surface area contributed by atoms with Crippen molar-refractivity contribution in [1.82, 2.24) is 0 Å². The van der Waals surface area contributed by atoms with Gasteiger partial charge in [0.15, 0.2) is 0 Å². The molecule has 2 aromatic rings. The molecule has 0 bridgehead atoms. The van der Waals surface area contributed by atoms with Crippen LogP contribution in [0.3, 0.4) is 0 Å². The molecule has 0 spiro atoms. The number of ether oxygens (including phenoxy) is 1. The van der Waals surface area contributed by atoms with Crippen molar-refractivity contribution in [3.63, 3.8) is 0 Å². The fourth-order valence-electron chi connectivity index (χ4n) is 1.73. The average Bonchev–Trinajstić information content (AvgIpc) is 2.47. The van der Waals surface area contributed by atoms with Crippen LogP contribution in [-0.4, -0.2) is 19.0 Å². The van der Waals surface area contributed by atoms with E-state index in [2.05, 4.69) is 0 Å². The number of nitrogens with zero attached hydrogens (tertiary/aromatic N) is 1. The molecular weight excluding hydrogens is 256 g/mol. The summed E-state index contributed by atoms with van der Waals surface area (Å²) in [5, 5.41) is 0. The smallest absolute Gasteiger partial charge is 0.410 e. The van der Waals surface area contributed by atoms with Crippen LogP contribution in [0.25, 0.3) is 0 Å². The molecule has 0 aromatic heterocycles. The van der Waals surface area contributed by atoms with E-state index in [0.29, 0.717) is 11.4 Å². The highest BCUT2D eigenvalue weighted by atomic mass is 16.6. The van der Waals surface area contributed by atoms with E-state index in [1.165, 1.54) is 11.9 Å². The first-order valence-electron chi connectivity index (χ1n) is 5.99. The highest BCUT2D eigenvalue weighted by Crippen LogP contribution is 2.20. The van der Waals surface area contributed by atoms with Gasteiger partial charge in [0, 0.05) is 7.05 Å². The molecule has 0 heterocycles. The second-order valence-electron chi connectivity index (χ2n) is 4.12. The van der Waals surface area contributed by atoms with Gasteiger partial charge in [0.1, 0.15) is 5.75 Å². The zero-order valence-corrected chi connectivity index (χ0v) is 10.9. The molecule has 2 N–H and O–H groups in total. The summed E-state index contributed by atoms with van der Waals surface area (Å²) in [4.78, 5) is 24.6. The largest absolute Gasteiger partial charge is 0.419 e. The number of benzene rings is 2. The fourth-order valence-corrected chi connectivity index (χ4v) is 1.73. The van der Waals surface area contributed by atoms with Crippen LogP contribution < -0.4 is 15.4 Å². The number of hydrogen-bond acceptors (Lipinski definition) is 3. The van der Waals surface area contributed by atoms with Crippen molar-refractivity contribution < 1.29 is 14.3 Å². The zero-order chi connectivity index (χ0) is 14.5. The minimum Gasteiger partial charge on any atom is -0.410 e. The lowest BCUT2D eigenvalue weighted by Crippen LogP contribution is -2.31. The summed E-state index contributed by atoms with van der Waals surface area (Å²) in [6.07, 6.45) is -0.593. The lowest BCUT2D eigenvalue weighted by Gasteiger charge is -2.18. The fraction of sp³-hybridized carbons (Fsp3) is 0.0667. The molecule has 0 aliphatic carbocycles. The van der Waals surface area contributed by atoms with Crippen LogP contribution >= 0.6 is 0 Å². The topological polar surface area (TPSA) is 72.6 Å². The monoisotopic (exact) mass is 270 g/mol. The third kappa shape index (κ3) is 2.95.